The number of amides is 1. The summed E-state index contributed by atoms with van der Waals surface area (Å²) in [5.41, 5.74) is -0.0392. The fourth-order valence-electron chi connectivity index (χ4n) is 2.72. The summed E-state index contributed by atoms with van der Waals surface area (Å²) in [5, 5.41) is 24.6. The Hall–Kier alpha value is -3.50. The molecule has 0 spiro atoms. The maximum absolute atomic E-state index is 12.5. The van der Waals surface area contributed by atoms with Gasteiger partial charge in [-0.1, -0.05) is 18.2 Å². The average molecular weight is 402 g/mol. The second-order valence-corrected chi connectivity index (χ2v) is 7.47. The van der Waals surface area contributed by atoms with Crippen molar-refractivity contribution in [3.8, 4) is 5.75 Å². The van der Waals surface area contributed by atoms with Crippen molar-refractivity contribution in [3.63, 3.8) is 0 Å². The van der Waals surface area contributed by atoms with E-state index in [4.69, 9.17) is 4.55 Å². The van der Waals surface area contributed by atoms with Gasteiger partial charge in [0, 0.05) is 11.5 Å². The molecule has 144 valence electrons. The predicted octanol–water partition coefficient (Wildman–Crippen LogP) is 3.26. The van der Waals surface area contributed by atoms with Crippen LogP contribution in [0.4, 0.5) is 11.4 Å². The highest BCUT2D eigenvalue weighted by Crippen LogP contribution is 2.34. The van der Waals surface area contributed by atoms with E-state index in [0.717, 1.165) is 6.07 Å². The molecule has 0 aliphatic rings. The Labute approximate surface area is 159 Å². The number of phenolic OH excluding ortho intramolecular Hbond substituents is 1. The number of carbonyl (C=O) groups is 1. The van der Waals surface area contributed by atoms with Gasteiger partial charge in [-0.2, -0.15) is 8.42 Å². The van der Waals surface area contributed by atoms with Crippen LogP contribution in [0.5, 0.6) is 5.75 Å². The Balaban J connectivity index is 2.04. The monoisotopic (exact) mass is 402 g/mol. The lowest BCUT2D eigenvalue weighted by Crippen LogP contribution is -2.14. The topological polar surface area (TPSA) is 147 Å². The SMILES string of the molecule is Cc1ccc(C(=O)Nc2ccc3ccc(S(=O)(=O)O)cc3c2O)c([N+](=O)[O-])c1. The molecule has 0 bridgehead atoms. The van der Waals surface area contributed by atoms with E-state index in [1.807, 2.05) is 0 Å². The van der Waals surface area contributed by atoms with E-state index in [1.54, 1.807) is 13.0 Å². The van der Waals surface area contributed by atoms with Crippen molar-refractivity contribution < 1.29 is 27.8 Å². The van der Waals surface area contributed by atoms with Crippen LogP contribution in [-0.4, -0.2) is 28.9 Å². The van der Waals surface area contributed by atoms with Gasteiger partial charge in [0.05, 0.1) is 15.5 Å². The van der Waals surface area contributed by atoms with Crippen molar-refractivity contribution in [2.75, 3.05) is 5.32 Å². The van der Waals surface area contributed by atoms with E-state index in [-0.39, 0.29) is 22.3 Å². The number of aromatic hydroxyl groups is 1. The number of anilines is 1. The first-order valence-corrected chi connectivity index (χ1v) is 9.31. The van der Waals surface area contributed by atoms with E-state index in [2.05, 4.69) is 5.32 Å². The van der Waals surface area contributed by atoms with E-state index >= 15 is 0 Å². The number of aryl methyl sites for hydroxylation is 1. The summed E-state index contributed by atoms with van der Waals surface area (Å²) in [6.45, 7) is 1.65. The third kappa shape index (κ3) is 3.63. The lowest BCUT2D eigenvalue weighted by molar-refractivity contribution is -0.385. The molecule has 0 aliphatic heterocycles. The van der Waals surface area contributed by atoms with Crippen molar-refractivity contribution in [3.05, 3.63) is 69.8 Å². The van der Waals surface area contributed by atoms with Crippen LogP contribution in [0.2, 0.25) is 0 Å². The van der Waals surface area contributed by atoms with Crippen molar-refractivity contribution >= 4 is 38.2 Å². The van der Waals surface area contributed by atoms with Gasteiger partial charge < -0.3 is 10.4 Å². The highest BCUT2D eigenvalue weighted by molar-refractivity contribution is 7.85. The van der Waals surface area contributed by atoms with Gasteiger partial charge in [0.2, 0.25) is 0 Å². The van der Waals surface area contributed by atoms with Crippen LogP contribution in [0.1, 0.15) is 15.9 Å². The van der Waals surface area contributed by atoms with Crippen molar-refractivity contribution in [2.45, 2.75) is 11.8 Å². The number of phenols is 1. The van der Waals surface area contributed by atoms with Crippen LogP contribution in [0, 0.1) is 17.0 Å². The molecule has 0 radical (unpaired) electrons. The molecule has 0 saturated carbocycles. The third-order valence-corrected chi connectivity index (χ3v) is 4.95. The Bertz CT molecular complexity index is 1240. The molecular formula is C18H14N2O7S. The molecule has 9 nitrogen and oxygen atoms in total. The number of nitro benzene ring substituents is 1. The highest BCUT2D eigenvalue weighted by Gasteiger charge is 2.21. The van der Waals surface area contributed by atoms with E-state index in [1.165, 1.54) is 36.4 Å². The third-order valence-electron chi connectivity index (χ3n) is 4.11. The van der Waals surface area contributed by atoms with Gasteiger partial charge in [0.15, 0.2) is 0 Å². The Morgan fingerprint density at radius 3 is 2.43 bits per heavy atom. The van der Waals surface area contributed by atoms with Gasteiger partial charge in [-0.05, 0) is 42.1 Å². The highest BCUT2D eigenvalue weighted by atomic mass is 32.2. The van der Waals surface area contributed by atoms with Crippen molar-refractivity contribution in [2.24, 2.45) is 0 Å². The smallest absolute Gasteiger partial charge is 0.294 e. The fourth-order valence-corrected chi connectivity index (χ4v) is 3.23. The fraction of sp³-hybridized carbons (Fsp3) is 0.0556. The van der Waals surface area contributed by atoms with Crippen LogP contribution >= 0.6 is 0 Å². The van der Waals surface area contributed by atoms with Gasteiger partial charge in [-0.3, -0.25) is 19.5 Å². The molecule has 0 aliphatic carbocycles. The molecule has 0 saturated heterocycles. The Morgan fingerprint density at radius 1 is 1.11 bits per heavy atom. The van der Waals surface area contributed by atoms with Gasteiger partial charge in [0.1, 0.15) is 11.3 Å². The minimum absolute atomic E-state index is 0.0696. The number of benzene rings is 3. The molecule has 3 rings (SSSR count). The van der Waals surface area contributed by atoms with Crippen LogP contribution < -0.4 is 5.32 Å². The van der Waals surface area contributed by atoms with E-state index in [0.29, 0.717) is 10.9 Å². The van der Waals surface area contributed by atoms with Crippen LogP contribution in [0.15, 0.2) is 53.4 Å². The number of nitrogens with zero attached hydrogens (tertiary/aromatic N) is 1. The molecule has 3 aromatic rings. The minimum atomic E-state index is -4.48. The molecular weight excluding hydrogens is 388 g/mol. The second kappa shape index (κ2) is 6.91. The summed E-state index contributed by atoms with van der Waals surface area (Å²) in [7, 11) is -4.48. The van der Waals surface area contributed by atoms with Crippen LogP contribution in [-0.2, 0) is 10.1 Å². The minimum Gasteiger partial charge on any atom is -0.505 e. The zero-order chi connectivity index (χ0) is 20.6. The summed E-state index contributed by atoms with van der Waals surface area (Å²) in [4.78, 5) is 22.6. The normalized spacial score (nSPS) is 11.4. The van der Waals surface area contributed by atoms with Crippen LogP contribution in [0.3, 0.4) is 0 Å². The lowest BCUT2D eigenvalue weighted by Gasteiger charge is -2.11. The van der Waals surface area contributed by atoms with Gasteiger partial charge in [-0.15, -0.1) is 0 Å². The molecule has 0 aromatic heterocycles. The molecule has 3 aromatic carbocycles. The lowest BCUT2D eigenvalue weighted by atomic mass is 10.1. The number of nitrogens with one attached hydrogen (secondary N) is 1. The summed E-state index contributed by atoms with van der Waals surface area (Å²) in [6.07, 6.45) is 0. The standard InChI is InChI=1S/C18H14N2O7S/c1-10-2-6-13(16(8-10)20(23)24)18(22)19-15-7-4-11-3-5-12(28(25,26)27)9-14(11)17(15)21/h2-9,21H,1H3,(H,19,22)(H,25,26,27). The first kappa shape index (κ1) is 19.3. The second-order valence-electron chi connectivity index (χ2n) is 6.05. The maximum atomic E-state index is 12.5. The number of carbonyl (C=O) groups excluding carboxylic acids is 1. The molecule has 0 heterocycles. The Kier molecular flexibility index (Phi) is 4.75. The average Bonchev–Trinajstić information content (AvgIpc) is 2.62. The predicted molar refractivity (Wildman–Crippen MR) is 101 cm³/mol. The first-order chi connectivity index (χ1) is 13.1. The zero-order valence-corrected chi connectivity index (χ0v) is 15.2. The molecule has 10 heteroatoms. The molecule has 28 heavy (non-hydrogen) atoms. The van der Waals surface area contributed by atoms with Gasteiger partial charge in [-0.25, -0.2) is 0 Å². The Morgan fingerprint density at radius 2 is 1.79 bits per heavy atom. The summed E-state index contributed by atoms with van der Waals surface area (Å²) >= 11 is 0. The summed E-state index contributed by atoms with van der Waals surface area (Å²) < 4.78 is 31.8. The van der Waals surface area contributed by atoms with Crippen molar-refractivity contribution in [1.82, 2.24) is 0 Å². The number of fused-ring (bicyclic) bond motifs is 1. The number of hydrogen-bond donors (Lipinski definition) is 3. The molecule has 3 N–H and O–H groups in total. The van der Waals surface area contributed by atoms with E-state index in [9.17, 15) is 28.4 Å². The summed E-state index contributed by atoms with van der Waals surface area (Å²) in [6, 6.07) is 10.6. The number of hydrogen-bond acceptors (Lipinski definition) is 6. The molecule has 0 atom stereocenters. The van der Waals surface area contributed by atoms with Crippen LogP contribution in [0.25, 0.3) is 10.8 Å². The molecule has 1 amide bonds. The van der Waals surface area contributed by atoms with Gasteiger partial charge in [0.25, 0.3) is 21.7 Å². The maximum Gasteiger partial charge on any atom is 0.294 e. The molecule has 0 unspecified atom stereocenters. The van der Waals surface area contributed by atoms with Crippen molar-refractivity contribution in [1.29, 1.82) is 0 Å². The first-order valence-electron chi connectivity index (χ1n) is 7.87. The largest absolute Gasteiger partial charge is 0.505 e. The number of rotatable bonds is 4. The zero-order valence-electron chi connectivity index (χ0n) is 14.4. The summed E-state index contributed by atoms with van der Waals surface area (Å²) in [5.74, 6) is -1.25. The van der Waals surface area contributed by atoms with Gasteiger partial charge >= 0.3 is 0 Å². The number of nitro groups is 1. The molecule has 0 fully saturated rings. The quantitative estimate of drug-likeness (QED) is 0.263. The van der Waals surface area contributed by atoms with E-state index < -0.39 is 31.6 Å².